The van der Waals surface area contributed by atoms with Gasteiger partial charge in [0, 0.05) is 0 Å². The van der Waals surface area contributed by atoms with Crippen LogP contribution in [0.3, 0.4) is 0 Å². The van der Waals surface area contributed by atoms with Gasteiger partial charge in [0.25, 0.3) is 20.0 Å². The van der Waals surface area contributed by atoms with Crippen LogP contribution in [0.4, 0.5) is 4.79 Å². The van der Waals surface area contributed by atoms with Crippen LogP contribution in [0, 0.1) is 6.92 Å². The summed E-state index contributed by atoms with van der Waals surface area (Å²) in [4.78, 5) is 13.9. The monoisotopic (exact) mass is 574 g/mol. The van der Waals surface area contributed by atoms with Crippen molar-refractivity contribution in [2.45, 2.75) is 22.8 Å². The minimum Gasteiger partial charge on any atom is -0.447 e. The van der Waals surface area contributed by atoms with Gasteiger partial charge in [-0.15, -0.1) is 3.71 Å². The Hall–Kier alpha value is -4.41. The van der Waals surface area contributed by atoms with Gasteiger partial charge in [-0.2, -0.15) is 16.8 Å². The van der Waals surface area contributed by atoms with Crippen molar-refractivity contribution in [3.05, 3.63) is 138 Å². The molecular weight excluding hydrogens is 548 g/mol. The van der Waals surface area contributed by atoms with Crippen molar-refractivity contribution in [3.63, 3.8) is 0 Å². The summed E-state index contributed by atoms with van der Waals surface area (Å²) in [6.45, 7) is 1.79. The maximum absolute atomic E-state index is 14.3. The average molecular weight is 575 g/mol. The molecule has 0 spiro atoms. The van der Waals surface area contributed by atoms with Gasteiger partial charge in [0.2, 0.25) is 0 Å². The van der Waals surface area contributed by atoms with E-state index in [-0.39, 0.29) is 22.2 Å². The number of hydrogen-bond donors (Lipinski definition) is 0. The molecule has 5 rings (SSSR count). The molecule has 1 amide bonds. The molecule has 4 aromatic carbocycles. The first-order valence-corrected chi connectivity index (χ1v) is 15.3. The van der Waals surface area contributed by atoms with Crippen LogP contribution in [0.15, 0.2) is 131 Å². The van der Waals surface area contributed by atoms with Crippen LogP contribution >= 0.6 is 0 Å². The SMILES string of the molecule is Cc1ccc(/C=C(\N2C(=O)OCC2c2ccccc2)N(S(=O)(=O)c2ccccc2)S(=O)(=O)c2ccccc2)cc1. The van der Waals surface area contributed by atoms with Crippen molar-refractivity contribution in [2.75, 3.05) is 6.61 Å². The molecule has 1 fully saturated rings. The third kappa shape index (κ3) is 5.23. The third-order valence-corrected chi connectivity index (χ3v) is 10.5. The number of cyclic esters (lactones) is 1. The summed E-state index contributed by atoms with van der Waals surface area (Å²) in [6, 6.07) is 29.7. The molecule has 4 aromatic rings. The zero-order chi connectivity index (χ0) is 28.3. The molecule has 1 aliphatic rings. The lowest BCUT2D eigenvalue weighted by atomic mass is 10.1. The first-order chi connectivity index (χ1) is 19.2. The Morgan fingerprint density at radius 1 is 0.750 bits per heavy atom. The molecule has 0 radical (unpaired) electrons. The van der Waals surface area contributed by atoms with E-state index in [1.807, 2.05) is 19.1 Å². The molecule has 0 saturated carbocycles. The number of hydrogen-bond acceptors (Lipinski definition) is 6. The number of ether oxygens (including phenoxy) is 1. The molecule has 1 unspecified atom stereocenters. The minimum absolute atomic E-state index is 0.0985. The van der Waals surface area contributed by atoms with E-state index < -0.39 is 32.2 Å². The summed E-state index contributed by atoms with van der Waals surface area (Å²) < 4.78 is 62.8. The van der Waals surface area contributed by atoms with Gasteiger partial charge in [0.15, 0.2) is 0 Å². The van der Waals surface area contributed by atoms with Crippen LogP contribution in [0.25, 0.3) is 6.08 Å². The highest BCUT2D eigenvalue weighted by Gasteiger charge is 2.46. The quantitative estimate of drug-likeness (QED) is 0.273. The van der Waals surface area contributed by atoms with Crippen molar-refractivity contribution >= 4 is 32.2 Å². The molecule has 8 nitrogen and oxygen atoms in total. The number of nitrogens with zero attached hydrogens (tertiary/aromatic N) is 2. The molecule has 1 saturated heterocycles. The van der Waals surface area contributed by atoms with E-state index in [4.69, 9.17) is 4.74 Å². The van der Waals surface area contributed by atoms with Crippen LogP contribution in [0.5, 0.6) is 0 Å². The Morgan fingerprint density at radius 2 is 1.23 bits per heavy atom. The molecule has 0 N–H and O–H groups in total. The van der Waals surface area contributed by atoms with E-state index in [1.54, 1.807) is 54.6 Å². The summed E-state index contributed by atoms with van der Waals surface area (Å²) in [6.07, 6.45) is 0.506. The van der Waals surface area contributed by atoms with Gasteiger partial charge in [0.05, 0.1) is 9.79 Å². The van der Waals surface area contributed by atoms with Crippen LogP contribution in [-0.2, 0) is 24.8 Å². The Balaban J connectivity index is 1.82. The molecule has 0 bridgehead atoms. The Morgan fingerprint density at radius 3 is 1.73 bits per heavy atom. The number of amides is 1. The lowest BCUT2D eigenvalue weighted by Crippen LogP contribution is -2.44. The van der Waals surface area contributed by atoms with Gasteiger partial charge >= 0.3 is 6.09 Å². The lowest BCUT2D eigenvalue weighted by Gasteiger charge is -2.32. The number of carbonyl (C=O) groups excluding carboxylic acids is 1. The molecule has 10 heteroatoms. The largest absolute Gasteiger partial charge is 0.447 e. The van der Waals surface area contributed by atoms with Crippen LogP contribution in [0.1, 0.15) is 22.7 Å². The van der Waals surface area contributed by atoms with Gasteiger partial charge in [0.1, 0.15) is 18.5 Å². The van der Waals surface area contributed by atoms with Gasteiger partial charge in [-0.05, 0) is 48.4 Å². The first kappa shape index (κ1) is 27.2. The third-order valence-electron chi connectivity index (χ3n) is 6.38. The first-order valence-electron chi connectivity index (χ1n) is 12.4. The number of aryl methyl sites for hydroxylation is 1. The van der Waals surface area contributed by atoms with Crippen molar-refractivity contribution in [1.29, 1.82) is 0 Å². The van der Waals surface area contributed by atoms with Crippen LogP contribution in [0.2, 0.25) is 0 Å². The Kier molecular flexibility index (Phi) is 7.46. The maximum atomic E-state index is 14.3. The zero-order valence-corrected chi connectivity index (χ0v) is 23.1. The molecular formula is C30H26N2O6S2. The predicted molar refractivity (Wildman–Crippen MR) is 151 cm³/mol. The van der Waals surface area contributed by atoms with Gasteiger partial charge in [-0.3, -0.25) is 4.90 Å². The Bertz CT molecular complexity index is 1670. The summed E-state index contributed by atoms with van der Waals surface area (Å²) in [7, 11) is -9.55. The fraction of sp³-hybridized carbons (Fsp3) is 0.100. The molecule has 40 heavy (non-hydrogen) atoms. The fourth-order valence-electron chi connectivity index (χ4n) is 4.37. The standard InChI is InChI=1S/C30H26N2O6S2/c1-23-17-19-24(20-18-23)21-29(31-28(22-38-30(31)33)25-11-5-2-6-12-25)32(39(34,35)26-13-7-3-8-14-26)40(36,37)27-15-9-4-10-16-27/h2-21,28H,22H2,1H3/b29-21+. The van der Waals surface area contributed by atoms with Crippen molar-refractivity contribution in [3.8, 4) is 0 Å². The number of benzene rings is 4. The van der Waals surface area contributed by atoms with E-state index in [1.165, 1.54) is 54.6 Å². The van der Waals surface area contributed by atoms with E-state index in [9.17, 15) is 21.6 Å². The lowest BCUT2D eigenvalue weighted by molar-refractivity contribution is 0.162. The van der Waals surface area contributed by atoms with E-state index in [0.29, 0.717) is 14.8 Å². The smallest absolute Gasteiger partial charge is 0.416 e. The number of rotatable bonds is 8. The highest BCUT2D eigenvalue weighted by molar-refractivity contribution is 8.04. The van der Waals surface area contributed by atoms with Crippen molar-refractivity contribution in [1.82, 2.24) is 8.61 Å². The molecule has 1 heterocycles. The maximum Gasteiger partial charge on any atom is 0.416 e. The molecule has 204 valence electrons. The predicted octanol–water partition coefficient (Wildman–Crippen LogP) is 5.57. The van der Waals surface area contributed by atoms with Crippen LogP contribution in [-0.4, -0.2) is 38.1 Å². The number of carbonyl (C=O) groups is 1. The van der Waals surface area contributed by atoms with E-state index in [0.717, 1.165) is 10.5 Å². The second-order valence-electron chi connectivity index (χ2n) is 9.12. The summed E-state index contributed by atoms with van der Waals surface area (Å²) >= 11 is 0. The zero-order valence-electron chi connectivity index (χ0n) is 21.5. The summed E-state index contributed by atoms with van der Waals surface area (Å²) in [5.41, 5.74) is 2.09. The second-order valence-corrected chi connectivity index (χ2v) is 12.9. The minimum atomic E-state index is -4.77. The van der Waals surface area contributed by atoms with Gasteiger partial charge in [-0.1, -0.05) is 96.6 Å². The summed E-state index contributed by atoms with van der Waals surface area (Å²) in [5, 5.41) is 0. The highest BCUT2D eigenvalue weighted by atomic mass is 32.3. The van der Waals surface area contributed by atoms with Gasteiger partial charge in [-0.25, -0.2) is 4.79 Å². The Labute approximate surface area is 233 Å². The molecule has 0 aliphatic carbocycles. The normalized spacial score (nSPS) is 16.0. The van der Waals surface area contributed by atoms with E-state index >= 15 is 0 Å². The fourth-order valence-corrected chi connectivity index (χ4v) is 8.08. The van der Waals surface area contributed by atoms with Crippen LogP contribution < -0.4 is 0 Å². The van der Waals surface area contributed by atoms with Crippen molar-refractivity contribution < 1.29 is 26.4 Å². The molecule has 1 atom stereocenters. The highest BCUT2D eigenvalue weighted by Crippen LogP contribution is 2.38. The molecule has 1 aliphatic heterocycles. The summed E-state index contributed by atoms with van der Waals surface area (Å²) in [5.74, 6) is -0.382. The van der Waals surface area contributed by atoms with Gasteiger partial charge < -0.3 is 4.74 Å². The topological polar surface area (TPSA) is 101 Å². The molecule has 0 aromatic heterocycles. The second kappa shape index (κ2) is 11.0. The van der Waals surface area contributed by atoms with Crippen molar-refractivity contribution in [2.24, 2.45) is 0 Å². The average Bonchev–Trinajstić information content (AvgIpc) is 3.36. The van der Waals surface area contributed by atoms with E-state index in [2.05, 4.69) is 0 Å². The number of sulfonamides is 2.